The Labute approximate surface area is 189 Å². The minimum absolute atomic E-state index is 0.0811. The highest BCUT2D eigenvalue weighted by atomic mass is 32.2. The molecule has 33 heavy (non-hydrogen) atoms. The van der Waals surface area contributed by atoms with E-state index in [1.54, 1.807) is 42.7 Å². The molecular weight excluding hydrogens is 444 g/mol. The molecule has 9 nitrogen and oxygen atoms in total. The SMILES string of the molecule is COc1cccc(NS(=O)(=O)c2ccc3[nH]cc(C(=O)NCc4cccnc4)c(=O)c3c2)c1. The molecule has 1 amide bonds. The summed E-state index contributed by atoms with van der Waals surface area (Å²) >= 11 is 0. The molecule has 3 N–H and O–H groups in total. The summed E-state index contributed by atoms with van der Waals surface area (Å²) in [5.74, 6) is -0.0862. The Morgan fingerprint density at radius 2 is 1.97 bits per heavy atom. The van der Waals surface area contributed by atoms with Crippen LogP contribution in [0.2, 0.25) is 0 Å². The average Bonchev–Trinajstić information content (AvgIpc) is 2.83. The van der Waals surface area contributed by atoms with Gasteiger partial charge in [0.25, 0.3) is 15.9 Å². The highest BCUT2D eigenvalue weighted by Crippen LogP contribution is 2.22. The zero-order valence-electron chi connectivity index (χ0n) is 17.5. The molecule has 0 saturated heterocycles. The number of carbonyl (C=O) groups is 1. The second-order valence-electron chi connectivity index (χ2n) is 7.12. The predicted molar refractivity (Wildman–Crippen MR) is 124 cm³/mol. The quantitative estimate of drug-likeness (QED) is 0.386. The number of anilines is 1. The molecule has 4 aromatic rings. The number of amides is 1. The molecule has 0 atom stereocenters. The normalized spacial score (nSPS) is 11.2. The molecule has 0 spiro atoms. The maximum Gasteiger partial charge on any atom is 0.261 e. The van der Waals surface area contributed by atoms with Gasteiger partial charge in [-0.15, -0.1) is 0 Å². The van der Waals surface area contributed by atoms with Gasteiger partial charge in [-0.1, -0.05) is 12.1 Å². The van der Waals surface area contributed by atoms with E-state index in [1.807, 2.05) is 0 Å². The van der Waals surface area contributed by atoms with Gasteiger partial charge in [-0.25, -0.2) is 8.42 Å². The van der Waals surface area contributed by atoms with Crippen molar-refractivity contribution in [2.45, 2.75) is 11.4 Å². The van der Waals surface area contributed by atoms with Crippen LogP contribution in [-0.4, -0.2) is 31.4 Å². The lowest BCUT2D eigenvalue weighted by molar-refractivity contribution is 0.0949. The fourth-order valence-corrected chi connectivity index (χ4v) is 4.29. The lowest BCUT2D eigenvalue weighted by Gasteiger charge is -2.10. The molecule has 0 saturated carbocycles. The highest BCUT2D eigenvalue weighted by Gasteiger charge is 2.18. The lowest BCUT2D eigenvalue weighted by Crippen LogP contribution is -2.28. The Kier molecular flexibility index (Phi) is 6.09. The first-order valence-corrected chi connectivity index (χ1v) is 11.3. The molecule has 0 aliphatic carbocycles. The Balaban J connectivity index is 1.63. The van der Waals surface area contributed by atoms with Crippen LogP contribution in [0.25, 0.3) is 10.9 Å². The summed E-state index contributed by atoms with van der Waals surface area (Å²) in [5, 5.41) is 2.75. The van der Waals surface area contributed by atoms with Crippen LogP contribution in [0.4, 0.5) is 5.69 Å². The summed E-state index contributed by atoms with van der Waals surface area (Å²) < 4.78 is 33.3. The zero-order valence-corrected chi connectivity index (χ0v) is 18.3. The van der Waals surface area contributed by atoms with Crippen molar-refractivity contribution >= 4 is 32.5 Å². The van der Waals surface area contributed by atoms with Gasteiger partial charge in [-0.2, -0.15) is 0 Å². The van der Waals surface area contributed by atoms with E-state index in [4.69, 9.17) is 4.74 Å². The third kappa shape index (κ3) is 4.85. The van der Waals surface area contributed by atoms with Crippen LogP contribution >= 0.6 is 0 Å². The molecule has 0 radical (unpaired) electrons. The van der Waals surface area contributed by atoms with Gasteiger partial charge in [0.1, 0.15) is 11.3 Å². The summed E-state index contributed by atoms with van der Waals surface area (Å²) in [5.41, 5.74) is 0.795. The minimum atomic E-state index is -3.99. The number of sulfonamides is 1. The first-order valence-electron chi connectivity index (χ1n) is 9.87. The second kappa shape index (κ2) is 9.13. The van der Waals surface area contributed by atoms with Gasteiger partial charge in [-0.05, 0) is 42.0 Å². The molecule has 0 unspecified atom stereocenters. The number of nitrogens with zero attached hydrogens (tertiary/aromatic N) is 1. The number of rotatable bonds is 7. The van der Waals surface area contributed by atoms with E-state index in [9.17, 15) is 18.0 Å². The van der Waals surface area contributed by atoms with Crippen molar-refractivity contribution in [2.24, 2.45) is 0 Å². The summed E-state index contributed by atoms with van der Waals surface area (Å²) in [6.07, 6.45) is 4.54. The number of aromatic amines is 1. The monoisotopic (exact) mass is 464 g/mol. The first kappa shape index (κ1) is 22.0. The molecule has 0 aliphatic rings. The molecule has 2 heterocycles. The van der Waals surface area contributed by atoms with Gasteiger partial charge in [0.15, 0.2) is 0 Å². The van der Waals surface area contributed by atoms with Crippen molar-refractivity contribution in [3.8, 4) is 5.75 Å². The number of fused-ring (bicyclic) bond motifs is 1. The number of pyridine rings is 2. The minimum Gasteiger partial charge on any atom is -0.497 e. The van der Waals surface area contributed by atoms with Crippen LogP contribution in [0.5, 0.6) is 5.75 Å². The number of hydrogen-bond acceptors (Lipinski definition) is 6. The van der Waals surface area contributed by atoms with Gasteiger partial charge in [0, 0.05) is 42.1 Å². The third-order valence-corrected chi connectivity index (χ3v) is 6.28. The van der Waals surface area contributed by atoms with Crippen LogP contribution in [-0.2, 0) is 16.6 Å². The van der Waals surface area contributed by atoms with Crippen LogP contribution in [0.1, 0.15) is 15.9 Å². The van der Waals surface area contributed by atoms with Gasteiger partial charge >= 0.3 is 0 Å². The topological polar surface area (TPSA) is 130 Å². The van der Waals surface area contributed by atoms with Crippen LogP contribution in [0, 0.1) is 0 Å². The zero-order chi connectivity index (χ0) is 23.4. The number of H-pyrrole nitrogens is 1. The van der Waals surface area contributed by atoms with Crippen LogP contribution in [0.3, 0.4) is 0 Å². The van der Waals surface area contributed by atoms with Crippen molar-refractivity contribution in [2.75, 3.05) is 11.8 Å². The molecule has 2 aromatic carbocycles. The average molecular weight is 465 g/mol. The number of ether oxygens (including phenoxy) is 1. The van der Waals surface area contributed by atoms with E-state index >= 15 is 0 Å². The second-order valence-corrected chi connectivity index (χ2v) is 8.80. The molecule has 0 fully saturated rings. The van der Waals surface area contributed by atoms with E-state index in [0.717, 1.165) is 5.56 Å². The van der Waals surface area contributed by atoms with E-state index in [0.29, 0.717) is 17.0 Å². The van der Waals surface area contributed by atoms with Crippen molar-refractivity contribution in [3.63, 3.8) is 0 Å². The molecule has 168 valence electrons. The molecule has 4 rings (SSSR count). The van der Waals surface area contributed by atoms with Gasteiger partial charge in [-0.3, -0.25) is 19.3 Å². The fraction of sp³-hybridized carbons (Fsp3) is 0.0870. The Bertz CT molecular complexity index is 1480. The van der Waals surface area contributed by atoms with Crippen molar-refractivity contribution in [1.82, 2.24) is 15.3 Å². The highest BCUT2D eigenvalue weighted by molar-refractivity contribution is 7.92. The van der Waals surface area contributed by atoms with E-state index in [2.05, 4.69) is 20.0 Å². The summed E-state index contributed by atoms with van der Waals surface area (Å²) in [4.78, 5) is 32.3. The summed E-state index contributed by atoms with van der Waals surface area (Å²) in [6, 6.07) is 14.1. The smallest absolute Gasteiger partial charge is 0.261 e. The Hall–Kier alpha value is -4.18. The molecule has 0 bridgehead atoms. The maximum atomic E-state index is 13.0. The molecule has 2 aromatic heterocycles. The maximum absolute atomic E-state index is 13.0. The predicted octanol–water partition coefficient (Wildman–Crippen LogP) is 2.66. The van der Waals surface area contributed by atoms with E-state index < -0.39 is 21.4 Å². The summed E-state index contributed by atoms with van der Waals surface area (Å²) in [7, 11) is -2.51. The van der Waals surface area contributed by atoms with Gasteiger partial charge in [0.05, 0.1) is 17.7 Å². The standard InChI is InChI=1S/C23H20N4O5S/c1-32-17-6-2-5-16(10-17)27-33(30,31)18-7-8-21-19(11-18)22(28)20(14-25-21)23(29)26-13-15-4-3-9-24-12-15/h2-12,14,27H,13H2,1H3,(H,25,28)(H,26,29). The molecular formula is C23H20N4O5S. The van der Waals surface area contributed by atoms with Gasteiger partial charge in [0.2, 0.25) is 5.43 Å². The fourth-order valence-electron chi connectivity index (χ4n) is 3.21. The van der Waals surface area contributed by atoms with Crippen molar-refractivity contribution in [1.29, 1.82) is 0 Å². The number of nitrogens with one attached hydrogen (secondary N) is 3. The van der Waals surface area contributed by atoms with Crippen LogP contribution < -0.4 is 20.2 Å². The largest absolute Gasteiger partial charge is 0.497 e. The Morgan fingerprint density at radius 3 is 2.73 bits per heavy atom. The Morgan fingerprint density at radius 1 is 1.12 bits per heavy atom. The van der Waals surface area contributed by atoms with E-state index in [-0.39, 0.29) is 22.4 Å². The van der Waals surface area contributed by atoms with Crippen molar-refractivity contribution in [3.05, 3.63) is 94.5 Å². The number of carbonyl (C=O) groups excluding carboxylic acids is 1. The summed E-state index contributed by atoms with van der Waals surface area (Å²) in [6.45, 7) is 0.197. The van der Waals surface area contributed by atoms with Gasteiger partial charge < -0.3 is 15.0 Å². The number of methoxy groups -OCH3 is 1. The third-order valence-electron chi connectivity index (χ3n) is 4.91. The van der Waals surface area contributed by atoms with E-state index in [1.165, 1.54) is 37.6 Å². The first-order chi connectivity index (χ1) is 15.9. The molecule has 10 heteroatoms. The molecule has 0 aliphatic heterocycles. The number of benzene rings is 2. The number of aromatic nitrogens is 2. The van der Waals surface area contributed by atoms with Crippen molar-refractivity contribution < 1.29 is 17.9 Å². The number of hydrogen-bond donors (Lipinski definition) is 3. The van der Waals surface area contributed by atoms with Crippen LogP contribution in [0.15, 0.2) is 82.9 Å². The lowest BCUT2D eigenvalue weighted by atomic mass is 10.1.